The summed E-state index contributed by atoms with van der Waals surface area (Å²) in [6.07, 6.45) is 2.44. The van der Waals surface area contributed by atoms with Crippen LogP contribution in [0.15, 0.2) is 24.3 Å². The van der Waals surface area contributed by atoms with E-state index in [0.717, 1.165) is 6.08 Å². The Morgan fingerprint density at radius 2 is 2.00 bits per heavy atom. The molecule has 0 unspecified atom stereocenters. The maximum absolute atomic E-state index is 10.2. The number of halogens is 2. The van der Waals surface area contributed by atoms with Gasteiger partial charge in [-0.1, -0.05) is 29.3 Å². The second-order valence-electron chi connectivity index (χ2n) is 2.34. The molecule has 0 spiro atoms. The Hall–Kier alpha value is -0.250. The summed E-state index contributed by atoms with van der Waals surface area (Å²) in [6.45, 7) is 0. The standard InChI is InChI=1S/C9H6Cl2O2.Ag/c10-7-3-1-6(8(11)5-7)2-4-9(12)13;/h1-5H,(H,12,13);. The van der Waals surface area contributed by atoms with E-state index in [1.54, 1.807) is 18.2 Å². The molecule has 0 saturated carbocycles. The summed E-state index contributed by atoms with van der Waals surface area (Å²) in [7, 11) is 0. The van der Waals surface area contributed by atoms with Crippen LogP contribution in [0.25, 0.3) is 6.08 Å². The van der Waals surface area contributed by atoms with E-state index in [1.165, 1.54) is 6.08 Å². The molecule has 0 bridgehead atoms. The third-order valence-electron chi connectivity index (χ3n) is 1.37. The maximum Gasteiger partial charge on any atom is 0.328 e. The number of carboxylic acids is 1. The fraction of sp³-hybridized carbons (Fsp3) is 0. The predicted octanol–water partition coefficient (Wildman–Crippen LogP) is 3.09. The molecule has 0 fully saturated rings. The Morgan fingerprint density at radius 1 is 1.36 bits per heavy atom. The molecule has 0 aliphatic heterocycles. The molecule has 1 aromatic carbocycles. The zero-order chi connectivity index (χ0) is 9.84. The number of benzene rings is 1. The van der Waals surface area contributed by atoms with Gasteiger partial charge in [0.15, 0.2) is 0 Å². The topological polar surface area (TPSA) is 37.3 Å². The summed E-state index contributed by atoms with van der Waals surface area (Å²) in [5.74, 6) is -1.01. The molecule has 1 radical (unpaired) electrons. The van der Waals surface area contributed by atoms with E-state index in [0.29, 0.717) is 15.6 Å². The SMILES string of the molecule is O=C(O)C=Cc1ccc(Cl)cc1Cl.[Ag]. The first-order valence-electron chi connectivity index (χ1n) is 3.45. The van der Waals surface area contributed by atoms with Gasteiger partial charge in [-0.05, 0) is 23.8 Å². The van der Waals surface area contributed by atoms with Crippen LogP contribution in [-0.4, -0.2) is 11.1 Å². The Balaban J connectivity index is 0.00000169. The molecular weight excluding hydrogens is 319 g/mol. The zero-order valence-electron chi connectivity index (χ0n) is 6.80. The van der Waals surface area contributed by atoms with Gasteiger partial charge in [0.05, 0.1) is 0 Å². The van der Waals surface area contributed by atoms with Gasteiger partial charge in [-0.15, -0.1) is 0 Å². The van der Waals surface area contributed by atoms with Gasteiger partial charge in [-0.25, -0.2) is 4.79 Å². The number of carbonyl (C=O) groups is 1. The van der Waals surface area contributed by atoms with E-state index in [1.807, 2.05) is 0 Å². The summed E-state index contributed by atoms with van der Waals surface area (Å²) in [6, 6.07) is 4.86. The molecule has 1 N–H and O–H groups in total. The largest absolute Gasteiger partial charge is 0.478 e. The molecule has 0 saturated heterocycles. The van der Waals surface area contributed by atoms with E-state index in [9.17, 15) is 4.79 Å². The summed E-state index contributed by atoms with van der Waals surface area (Å²) in [5, 5.41) is 9.32. The van der Waals surface area contributed by atoms with Gasteiger partial charge in [0.2, 0.25) is 0 Å². The van der Waals surface area contributed by atoms with Gasteiger partial charge < -0.3 is 5.11 Å². The van der Waals surface area contributed by atoms with E-state index < -0.39 is 5.97 Å². The predicted molar refractivity (Wildman–Crippen MR) is 53.1 cm³/mol. The second-order valence-corrected chi connectivity index (χ2v) is 3.18. The van der Waals surface area contributed by atoms with Crippen LogP contribution in [0.2, 0.25) is 10.0 Å². The van der Waals surface area contributed by atoms with Crippen LogP contribution in [0.4, 0.5) is 0 Å². The Bertz CT molecular complexity index is 364. The van der Waals surface area contributed by atoms with Crippen LogP contribution < -0.4 is 0 Å². The van der Waals surface area contributed by atoms with Gasteiger partial charge in [-0.3, -0.25) is 0 Å². The minimum absolute atomic E-state index is 0. The molecule has 5 heteroatoms. The first kappa shape index (κ1) is 13.8. The normalized spacial score (nSPS) is 9.86. The van der Waals surface area contributed by atoms with Crippen molar-refractivity contribution in [2.75, 3.05) is 0 Å². The first-order chi connectivity index (χ1) is 6.09. The molecule has 14 heavy (non-hydrogen) atoms. The summed E-state index contributed by atoms with van der Waals surface area (Å²) in [5.41, 5.74) is 0.633. The van der Waals surface area contributed by atoms with Gasteiger partial charge in [0.1, 0.15) is 0 Å². The van der Waals surface area contributed by atoms with E-state index in [2.05, 4.69) is 0 Å². The smallest absolute Gasteiger partial charge is 0.328 e. The molecule has 0 heterocycles. The van der Waals surface area contributed by atoms with Crippen LogP contribution in [0, 0.1) is 0 Å². The molecule has 79 valence electrons. The van der Waals surface area contributed by atoms with Gasteiger partial charge in [0.25, 0.3) is 0 Å². The fourth-order valence-electron chi connectivity index (χ4n) is 0.798. The van der Waals surface area contributed by atoms with Crippen molar-refractivity contribution in [1.29, 1.82) is 0 Å². The van der Waals surface area contributed by atoms with Gasteiger partial charge >= 0.3 is 5.97 Å². The molecule has 0 amide bonds. The molecule has 0 aliphatic carbocycles. The van der Waals surface area contributed by atoms with E-state index >= 15 is 0 Å². The average molecular weight is 325 g/mol. The Labute approximate surface area is 107 Å². The van der Waals surface area contributed by atoms with Crippen molar-refractivity contribution in [3.63, 3.8) is 0 Å². The number of aliphatic carboxylic acids is 1. The summed E-state index contributed by atoms with van der Waals surface area (Å²) < 4.78 is 0. The van der Waals surface area contributed by atoms with Crippen molar-refractivity contribution in [3.05, 3.63) is 39.9 Å². The Morgan fingerprint density at radius 3 is 2.50 bits per heavy atom. The third-order valence-corrected chi connectivity index (χ3v) is 1.93. The van der Waals surface area contributed by atoms with Crippen molar-refractivity contribution in [2.24, 2.45) is 0 Å². The van der Waals surface area contributed by atoms with Crippen molar-refractivity contribution in [1.82, 2.24) is 0 Å². The van der Waals surface area contributed by atoms with Crippen molar-refractivity contribution in [2.45, 2.75) is 0 Å². The molecule has 1 aromatic rings. The monoisotopic (exact) mass is 323 g/mol. The second kappa shape index (κ2) is 6.27. The Kier molecular flexibility index (Phi) is 6.16. The number of hydrogen-bond acceptors (Lipinski definition) is 1. The third kappa shape index (κ3) is 4.31. The van der Waals surface area contributed by atoms with Crippen molar-refractivity contribution in [3.8, 4) is 0 Å². The van der Waals surface area contributed by atoms with Gasteiger partial charge in [-0.2, -0.15) is 0 Å². The van der Waals surface area contributed by atoms with Crippen molar-refractivity contribution >= 4 is 35.2 Å². The molecule has 0 atom stereocenters. The number of carboxylic acid groups (broad SMARTS) is 1. The summed E-state index contributed by atoms with van der Waals surface area (Å²) >= 11 is 11.4. The minimum atomic E-state index is -1.01. The van der Waals surface area contributed by atoms with Crippen LogP contribution in [0.3, 0.4) is 0 Å². The molecule has 2 nitrogen and oxygen atoms in total. The van der Waals surface area contributed by atoms with Crippen molar-refractivity contribution < 1.29 is 32.3 Å². The van der Waals surface area contributed by atoms with E-state index in [-0.39, 0.29) is 22.4 Å². The van der Waals surface area contributed by atoms with Crippen LogP contribution in [-0.2, 0) is 27.2 Å². The van der Waals surface area contributed by atoms with Crippen LogP contribution >= 0.6 is 23.2 Å². The van der Waals surface area contributed by atoms with E-state index in [4.69, 9.17) is 28.3 Å². The molecular formula is C9H6AgCl2O2. The maximum atomic E-state index is 10.2. The number of hydrogen-bond donors (Lipinski definition) is 1. The summed E-state index contributed by atoms with van der Waals surface area (Å²) in [4.78, 5) is 10.2. The van der Waals surface area contributed by atoms with Gasteiger partial charge in [0, 0.05) is 38.5 Å². The minimum Gasteiger partial charge on any atom is -0.478 e. The van der Waals surface area contributed by atoms with Crippen LogP contribution in [0.5, 0.6) is 0 Å². The molecule has 0 aromatic heterocycles. The zero-order valence-corrected chi connectivity index (χ0v) is 9.79. The average Bonchev–Trinajstić information content (AvgIpc) is 2.02. The molecule has 0 aliphatic rings. The quantitative estimate of drug-likeness (QED) is 0.670. The molecule has 1 rings (SSSR count). The first-order valence-corrected chi connectivity index (χ1v) is 4.21. The fourth-order valence-corrected chi connectivity index (χ4v) is 1.27. The number of rotatable bonds is 2. The van der Waals surface area contributed by atoms with Crippen LogP contribution in [0.1, 0.15) is 5.56 Å².